The SMILES string of the molecule is SC(S)=[N+](Nc1ccccc1)Nc1ccccc1. The summed E-state index contributed by atoms with van der Waals surface area (Å²) in [5.41, 5.74) is 8.21. The van der Waals surface area contributed by atoms with E-state index in [-0.39, 0.29) is 0 Å². The molecule has 0 aromatic heterocycles. The highest BCUT2D eigenvalue weighted by Crippen LogP contribution is 2.09. The van der Waals surface area contributed by atoms with Gasteiger partial charge in [0.05, 0.1) is 11.4 Å². The smallest absolute Gasteiger partial charge is 0.136 e. The Morgan fingerprint density at radius 3 is 1.44 bits per heavy atom. The number of thiol groups is 2. The fraction of sp³-hybridized carbons (Fsp3) is 0. The van der Waals surface area contributed by atoms with Crippen LogP contribution in [0.25, 0.3) is 0 Å². The molecule has 0 saturated heterocycles. The molecule has 0 aliphatic rings. The Bertz CT molecular complexity index is 479. The largest absolute Gasteiger partial charge is 0.325 e. The minimum absolute atomic E-state index is 0.516. The van der Waals surface area contributed by atoms with Gasteiger partial charge in [-0.2, -0.15) is 0 Å². The van der Waals surface area contributed by atoms with Crippen molar-refractivity contribution >= 4 is 41.0 Å². The van der Waals surface area contributed by atoms with Crippen LogP contribution >= 0.6 is 25.3 Å². The number of hydrazine groups is 2. The van der Waals surface area contributed by atoms with E-state index in [1.807, 2.05) is 60.7 Å². The molecule has 0 amide bonds. The molecule has 2 aromatic carbocycles. The van der Waals surface area contributed by atoms with Gasteiger partial charge in [-0.25, -0.2) is 0 Å². The molecule has 2 rings (SSSR count). The zero-order valence-corrected chi connectivity index (χ0v) is 11.4. The average Bonchev–Trinajstić information content (AvgIpc) is 2.40. The van der Waals surface area contributed by atoms with Gasteiger partial charge in [-0.15, -0.1) is 10.9 Å². The van der Waals surface area contributed by atoms with Gasteiger partial charge in [-0.1, -0.05) is 61.7 Å². The molecule has 0 heterocycles. The second-order valence-corrected chi connectivity index (χ2v) is 4.79. The Labute approximate surface area is 117 Å². The van der Waals surface area contributed by atoms with Gasteiger partial charge in [0.25, 0.3) is 0 Å². The molecule has 5 heteroatoms. The fourth-order valence-electron chi connectivity index (χ4n) is 1.41. The fourth-order valence-corrected chi connectivity index (χ4v) is 1.61. The summed E-state index contributed by atoms with van der Waals surface area (Å²) >= 11 is 8.47. The van der Waals surface area contributed by atoms with Gasteiger partial charge in [0.15, 0.2) is 0 Å². The molecule has 18 heavy (non-hydrogen) atoms. The van der Waals surface area contributed by atoms with Crippen molar-refractivity contribution in [2.45, 2.75) is 0 Å². The van der Waals surface area contributed by atoms with E-state index in [0.29, 0.717) is 4.38 Å². The van der Waals surface area contributed by atoms with Crippen LogP contribution in [0.4, 0.5) is 11.4 Å². The maximum absolute atomic E-state index is 4.24. The Hall–Kier alpha value is -1.59. The topological polar surface area (TPSA) is 27.1 Å². The number of rotatable bonds is 4. The van der Waals surface area contributed by atoms with Gasteiger partial charge in [0.2, 0.25) is 0 Å². The summed E-state index contributed by atoms with van der Waals surface area (Å²) in [5.74, 6) is 0. The minimum atomic E-state index is 0.516. The van der Waals surface area contributed by atoms with Crippen molar-refractivity contribution in [1.82, 2.24) is 0 Å². The highest BCUT2D eigenvalue weighted by molar-refractivity contribution is 8.23. The summed E-state index contributed by atoms with van der Waals surface area (Å²) in [6.07, 6.45) is 0. The van der Waals surface area contributed by atoms with E-state index in [1.165, 1.54) is 0 Å². The molecule has 0 fully saturated rings. The molecular formula is C13H14N3S2+. The summed E-state index contributed by atoms with van der Waals surface area (Å²) in [4.78, 5) is 1.64. The van der Waals surface area contributed by atoms with Crippen LogP contribution in [0.15, 0.2) is 60.7 Å². The number of benzene rings is 2. The lowest BCUT2D eigenvalue weighted by atomic mass is 10.3. The number of hydrogen-bond acceptors (Lipinski definition) is 2. The zero-order chi connectivity index (χ0) is 12.8. The first-order valence-electron chi connectivity index (χ1n) is 5.44. The highest BCUT2D eigenvalue weighted by atomic mass is 32.2. The molecule has 0 bridgehead atoms. The maximum atomic E-state index is 4.24. The molecule has 0 aliphatic heterocycles. The Kier molecular flexibility index (Phi) is 4.55. The first-order valence-corrected chi connectivity index (χ1v) is 6.33. The normalized spacial score (nSPS) is 9.67. The van der Waals surface area contributed by atoms with Gasteiger partial charge in [0, 0.05) is 4.79 Å². The van der Waals surface area contributed by atoms with E-state index in [4.69, 9.17) is 0 Å². The molecule has 3 nitrogen and oxygen atoms in total. The van der Waals surface area contributed by atoms with Gasteiger partial charge in [-0.05, 0) is 24.3 Å². The van der Waals surface area contributed by atoms with Crippen molar-refractivity contribution in [2.24, 2.45) is 0 Å². The standard InChI is InChI=1S/C13H13N3S2/c17-13(18)16(14-11-7-3-1-4-8-11)15-12-9-5-2-6-10-12/h1-10,14-15H,(H,17,18)/p+1. The predicted octanol–water partition coefficient (Wildman–Crippen LogP) is 3.27. The first kappa shape index (κ1) is 12.9. The quantitative estimate of drug-likeness (QED) is 0.227. The highest BCUT2D eigenvalue weighted by Gasteiger charge is 2.09. The number of nitrogens with one attached hydrogen (secondary N) is 2. The molecule has 0 unspecified atom stereocenters. The third-order valence-electron chi connectivity index (χ3n) is 2.23. The van der Waals surface area contributed by atoms with E-state index >= 15 is 0 Å². The van der Waals surface area contributed by atoms with Gasteiger partial charge < -0.3 is 0 Å². The molecule has 0 radical (unpaired) electrons. The van der Waals surface area contributed by atoms with Gasteiger partial charge in [-0.3, -0.25) is 0 Å². The van der Waals surface area contributed by atoms with Crippen LogP contribution in [0, 0.1) is 0 Å². The van der Waals surface area contributed by atoms with Crippen LogP contribution in [0.2, 0.25) is 0 Å². The Balaban J connectivity index is 2.14. The molecule has 2 N–H and O–H groups in total. The second-order valence-electron chi connectivity index (χ2n) is 3.59. The van der Waals surface area contributed by atoms with E-state index in [1.54, 1.807) is 4.79 Å². The summed E-state index contributed by atoms with van der Waals surface area (Å²) in [7, 11) is 0. The van der Waals surface area contributed by atoms with Gasteiger partial charge >= 0.3 is 4.38 Å². The third kappa shape index (κ3) is 3.72. The van der Waals surface area contributed by atoms with Crippen molar-refractivity contribution in [3.05, 3.63) is 60.7 Å². The summed E-state index contributed by atoms with van der Waals surface area (Å²) in [6.45, 7) is 0. The predicted molar refractivity (Wildman–Crippen MR) is 83.4 cm³/mol. The lowest BCUT2D eigenvalue weighted by Crippen LogP contribution is -2.28. The van der Waals surface area contributed by atoms with Crippen LogP contribution in [0.3, 0.4) is 0 Å². The van der Waals surface area contributed by atoms with E-state index in [0.717, 1.165) is 11.4 Å². The van der Waals surface area contributed by atoms with Crippen LogP contribution in [-0.2, 0) is 0 Å². The Morgan fingerprint density at radius 1 is 0.722 bits per heavy atom. The molecule has 0 spiro atoms. The zero-order valence-electron chi connectivity index (χ0n) is 9.62. The maximum Gasteiger partial charge on any atom is 0.325 e. The number of hydrogen-bond donors (Lipinski definition) is 4. The van der Waals surface area contributed by atoms with E-state index < -0.39 is 0 Å². The van der Waals surface area contributed by atoms with Crippen LogP contribution in [0.1, 0.15) is 0 Å². The van der Waals surface area contributed by atoms with Crippen LogP contribution in [0.5, 0.6) is 0 Å². The summed E-state index contributed by atoms with van der Waals surface area (Å²) in [5, 5.41) is 0. The second kappa shape index (κ2) is 6.37. The Morgan fingerprint density at radius 2 is 1.11 bits per heavy atom. The average molecular weight is 276 g/mol. The lowest BCUT2D eigenvalue weighted by molar-refractivity contribution is -0.457. The number of hydrazone groups is 2. The van der Waals surface area contributed by atoms with E-state index in [9.17, 15) is 0 Å². The first-order chi connectivity index (χ1) is 8.75. The monoisotopic (exact) mass is 276 g/mol. The van der Waals surface area contributed by atoms with Crippen LogP contribution in [-0.4, -0.2) is 9.17 Å². The molecule has 0 atom stereocenters. The minimum Gasteiger partial charge on any atom is -0.136 e. The molecular weight excluding hydrogens is 262 g/mol. The number of anilines is 2. The van der Waals surface area contributed by atoms with E-state index in [2.05, 4.69) is 36.1 Å². The van der Waals surface area contributed by atoms with Crippen LogP contribution < -0.4 is 10.9 Å². The van der Waals surface area contributed by atoms with Crippen molar-refractivity contribution in [2.75, 3.05) is 10.9 Å². The molecule has 0 saturated carbocycles. The van der Waals surface area contributed by atoms with Crippen molar-refractivity contribution in [3.63, 3.8) is 0 Å². The summed E-state index contributed by atoms with van der Waals surface area (Å²) < 4.78 is 0.516. The third-order valence-corrected chi connectivity index (χ3v) is 2.63. The molecule has 0 aliphatic carbocycles. The molecule has 92 valence electrons. The van der Waals surface area contributed by atoms with Crippen molar-refractivity contribution < 1.29 is 4.79 Å². The number of para-hydroxylation sites is 2. The lowest BCUT2D eigenvalue weighted by Gasteiger charge is -2.06. The van der Waals surface area contributed by atoms with Crippen molar-refractivity contribution in [1.29, 1.82) is 0 Å². The van der Waals surface area contributed by atoms with Gasteiger partial charge in [0.1, 0.15) is 0 Å². The summed E-state index contributed by atoms with van der Waals surface area (Å²) in [6, 6.07) is 19.6. The molecule has 2 aromatic rings. The number of nitrogens with zero attached hydrogens (tertiary/aromatic N) is 1. The van der Waals surface area contributed by atoms with Crippen molar-refractivity contribution in [3.8, 4) is 0 Å².